The maximum Gasteiger partial charge on any atom is 0.472 e. The zero-order chi connectivity index (χ0) is 30.5. The predicted molar refractivity (Wildman–Crippen MR) is 148 cm³/mol. The highest BCUT2D eigenvalue weighted by Gasteiger charge is 2.44. The zero-order valence-electron chi connectivity index (χ0n) is 22.4. The molecule has 1 aliphatic heterocycles. The van der Waals surface area contributed by atoms with Gasteiger partial charge in [-0.25, -0.2) is 24.1 Å². The van der Waals surface area contributed by atoms with Gasteiger partial charge in [0.15, 0.2) is 17.4 Å². The van der Waals surface area contributed by atoms with E-state index in [0.29, 0.717) is 17.9 Å². The van der Waals surface area contributed by atoms with E-state index in [9.17, 15) is 18.8 Å². The molecule has 19 nitrogen and oxygen atoms in total. The van der Waals surface area contributed by atoms with Gasteiger partial charge in [-0.1, -0.05) is 0 Å². The first-order valence-corrected chi connectivity index (χ1v) is 16.2. The van der Waals surface area contributed by atoms with Crippen LogP contribution in [0.15, 0.2) is 29.7 Å². The number of fused-ring (bicyclic) bond motifs is 2. The lowest BCUT2D eigenvalue weighted by Gasteiger charge is -2.23. The van der Waals surface area contributed by atoms with Crippen LogP contribution in [0.3, 0.4) is 0 Å². The average molecular weight is 641 g/mol. The lowest BCUT2D eigenvalue weighted by molar-refractivity contribution is -0.0490. The Labute approximate surface area is 242 Å². The number of aromatic amines is 1. The Morgan fingerprint density at radius 3 is 2.65 bits per heavy atom. The molecule has 8 N–H and O–H groups in total. The van der Waals surface area contributed by atoms with Gasteiger partial charge in [0.05, 0.1) is 31.0 Å². The van der Waals surface area contributed by atoms with Crippen molar-refractivity contribution in [2.75, 3.05) is 24.7 Å². The number of nitrogens with zero attached hydrogens (tertiary/aromatic N) is 6. The Hall–Kier alpha value is -3.25. The fourth-order valence-corrected chi connectivity index (χ4v) is 6.96. The summed E-state index contributed by atoms with van der Waals surface area (Å²) in [6, 6.07) is 1.94. The van der Waals surface area contributed by atoms with Gasteiger partial charge in [0, 0.05) is 18.7 Å². The maximum absolute atomic E-state index is 13.1. The quantitative estimate of drug-likeness (QED) is 0.132. The first-order chi connectivity index (χ1) is 20.4. The van der Waals surface area contributed by atoms with Crippen molar-refractivity contribution in [3.8, 4) is 0 Å². The number of phosphoric ester groups is 2. The fraction of sp³-hybridized carbons (Fsp3) is 0.500. The number of nitrogens with one attached hydrogen (secondary N) is 1. The molecule has 0 spiro atoms. The molecule has 2 fully saturated rings. The molecular weight excluding hydrogens is 612 g/mol. The predicted octanol–water partition coefficient (Wildman–Crippen LogP) is 0.969. The van der Waals surface area contributed by atoms with Crippen molar-refractivity contribution in [2.24, 2.45) is 5.92 Å². The van der Waals surface area contributed by atoms with Crippen LogP contribution in [-0.4, -0.2) is 74.2 Å². The molecule has 1 saturated carbocycles. The summed E-state index contributed by atoms with van der Waals surface area (Å²) in [5.41, 5.74) is 11.7. The monoisotopic (exact) mass is 641 g/mol. The molecule has 4 aromatic heterocycles. The summed E-state index contributed by atoms with van der Waals surface area (Å²) in [5, 5.41) is 0.751. The molecule has 0 aromatic carbocycles. The van der Waals surface area contributed by atoms with Gasteiger partial charge in [-0.05, 0) is 31.2 Å². The van der Waals surface area contributed by atoms with Crippen LogP contribution in [0.2, 0.25) is 0 Å². The van der Waals surface area contributed by atoms with Gasteiger partial charge in [0.2, 0.25) is 5.95 Å². The number of phosphoric acid groups is 2. The van der Waals surface area contributed by atoms with Gasteiger partial charge >= 0.3 is 15.6 Å². The maximum atomic E-state index is 13.1. The van der Waals surface area contributed by atoms with Crippen molar-refractivity contribution in [1.29, 1.82) is 0 Å². The molecule has 43 heavy (non-hydrogen) atoms. The number of hydrogen-bond donors (Lipinski definition) is 6. The lowest BCUT2D eigenvalue weighted by Crippen LogP contribution is -2.23. The number of rotatable bonds is 10. The van der Waals surface area contributed by atoms with Crippen molar-refractivity contribution in [3.05, 3.63) is 35.3 Å². The van der Waals surface area contributed by atoms with Gasteiger partial charge in [0.25, 0.3) is 5.56 Å². The molecule has 6 rings (SSSR count). The van der Waals surface area contributed by atoms with E-state index in [0.717, 1.165) is 18.2 Å². The third-order valence-electron chi connectivity index (χ3n) is 7.49. The van der Waals surface area contributed by atoms with E-state index in [-0.39, 0.29) is 42.1 Å². The average Bonchev–Trinajstić information content (AvgIpc) is 3.71. The first kappa shape index (κ1) is 29.8. The van der Waals surface area contributed by atoms with Gasteiger partial charge < -0.3 is 35.5 Å². The van der Waals surface area contributed by atoms with Gasteiger partial charge in [0.1, 0.15) is 23.9 Å². The molecule has 1 saturated heterocycles. The number of H-pyrrole nitrogens is 1. The molecule has 0 radical (unpaired) electrons. The summed E-state index contributed by atoms with van der Waals surface area (Å²) in [6.45, 7) is -0.612. The number of ether oxygens (including phenoxy) is 1. The second-order valence-corrected chi connectivity index (χ2v) is 13.1. The second-order valence-electron chi connectivity index (χ2n) is 10.4. The van der Waals surface area contributed by atoms with Crippen molar-refractivity contribution in [3.63, 3.8) is 0 Å². The van der Waals surface area contributed by atoms with E-state index in [4.69, 9.17) is 35.0 Å². The zero-order valence-corrected chi connectivity index (χ0v) is 24.2. The van der Waals surface area contributed by atoms with Crippen LogP contribution in [-0.2, 0) is 27.4 Å². The minimum absolute atomic E-state index is 0.00616. The summed E-state index contributed by atoms with van der Waals surface area (Å²) >= 11 is 0. The molecule has 5 heterocycles. The summed E-state index contributed by atoms with van der Waals surface area (Å²) < 4.78 is 49.0. The van der Waals surface area contributed by atoms with Crippen LogP contribution < -0.4 is 17.0 Å². The molecule has 2 unspecified atom stereocenters. The second kappa shape index (κ2) is 11.4. The number of nitrogens with two attached hydrogens (primary N) is 2. The Kier molecular flexibility index (Phi) is 7.87. The van der Waals surface area contributed by atoms with Crippen molar-refractivity contribution in [1.82, 2.24) is 34.1 Å². The number of hydrogen-bond acceptors (Lipinski definition) is 13. The highest BCUT2D eigenvalue weighted by molar-refractivity contribution is 7.47. The Morgan fingerprint density at radius 2 is 1.86 bits per heavy atom. The van der Waals surface area contributed by atoms with Crippen LogP contribution in [0.1, 0.15) is 38.0 Å². The summed E-state index contributed by atoms with van der Waals surface area (Å²) in [6.07, 6.45) is 3.23. The molecule has 21 heteroatoms. The summed E-state index contributed by atoms with van der Waals surface area (Å²) in [7, 11) is -9.51. The van der Waals surface area contributed by atoms with Gasteiger partial charge in [-0.15, -0.1) is 0 Å². The van der Waals surface area contributed by atoms with E-state index in [2.05, 4.69) is 29.4 Å². The fourth-order valence-electron chi connectivity index (χ4n) is 5.61. The number of nitrogen functional groups attached to an aromatic ring is 2. The molecule has 0 amide bonds. The first-order valence-electron chi connectivity index (χ1n) is 13.2. The van der Waals surface area contributed by atoms with Crippen LogP contribution in [0, 0.1) is 5.92 Å². The smallest absolute Gasteiger partial charge is 0.383 e. The van der Waals surface area contributed by atoms with Crippen molar-refractivity contribution in [2.45, 2.75) is 50.2 Å². The Balaban J connectivity index is 1.14. The van der Waals surface area contributed by atoms with Gasteiger partial charge in [-0.3, -0.25) is 27.9 Å². The molecule has 2 aliphatic rings. The summed E-state index contributed by atoms with van der Waals surface area (Å²) in [4.78, 5) is 59.9. The van der Waals surface area contributed by atoms with E-state index < -0.39 is 46.2 Å². The van der Waals surface area contributed by atoms with Crippen LogP contribution >= 0.6 is 15.6 Å². The third-order valence-corrected chi connectivity index (χ3v) is 8.99. The molecule has 232 valence electrons. The Bertz CT molecular complexity index is 1800. The van der Waals surface area contributed by atoms with Crippen LogP contribution in [0.5, 0.6) is 0 Å². The van der Waals surface area contributed by atoms with Crippen molar-refractivity contribution >= 4 is 49.6 Å². The standard InChI is InChI=1S/C22H29N9O10P2/c23-17-14-3-4-30(18(14)26-9-25-17)12-2-1-11(5-12)7-39-43(36,37)41-15-6-13(8-38-42(33,34)35)40-21(15)31-10-27-16-19(31)28-22(24)29-20(16)32/h3-4,9-13,15,21H,1-2,5-8H2,(H,36,37)(H2,23,25,26)(H2,33,34,35)(H3,24,28,29,32)/t11-,12+,13+,15-,21?/m1/s1. The van der Waals surface area contributed by atoms with E-state index in [1.807, 2.05) is 16.8 Å². The third kappa shape index (κ3) is 6.35. The lowest BCUT2D eigenvalue weighted by atomic mass is 10.1. The number of aromatic nitrogens is 7. The van der Waals surface area contributed by atoms with Crippen molar-refractivity contribution < 1.29 is 42.1 Å². The van der Waals surface area contributed by atoms with E-state index in [1.165, 1.54) is 17.2 Å². The molecule has 1 aliphatic carbocycles. The molecule has 4 aromatic rings. The summed E-state index contributed by atoms with van der Waals surface area (Å²) in [5.74, 6) is 0.132. The topological polar surface area (TPSA) is 278 Å². The normalized spacial score (nSPS) is 26.0. The minimum atomic E-state index is -4.83. The minimum Gasteiger partial charge on any atom is -0.383 e. The van der Waals surface area contributed by atoms with E-state index >= 15 is 0 Å². The molecule has 0 bridgehead atoms. The Morgan fingerprint density at radius 1 is 1.05 bits per heavy atom. The van der Waals surface area contributed by atoms with Crippen LogP contribution in [0.4, 0.5) is 11.8 Å². The highest BCUT2D eigenvalue weighted by atomic mass is 31.2. The molecule has 6 atom stereocenters. The largest absolute Gasteiger partial charge is 0.472 e. The highest BCUT2D eigenvalue weighted by Crippen LogP contribution is 2.51. The van der Waals surface area contributed by atoms with Crippen LogP contribution in [0.25, 0.3) is 22.2 Å². The number of imidazole rings is 1. The SMILES string of the molecule is Nc1nc2c(ncn2C2O[C@H](COP(=O)(O)O)C[C@H]2OP(=O)(O)OC[C@@H]2CC[C@H](n3ccc4c(N)ncnc43)C2)c(=O)[nH]1. The number of anilines is 2. The van der Waals surface area contributed by atoms with E-state index in [1.54, 1.807) is 0 Å². The van der Waals surface area contributed by atoms with Gasteiger partial charge in [-0.2, -0.15) is 4.98 Å². The molecular formula is C22H29N9O10P2.